The molecule has 1 aliphatic carbocycles. The van der Waals surface area contributed by atoms with Crippen molar-refractivity contribution in [3.8, 4) is 0 Å². The lowest BCUT2D eigenvalue weighted by molar-refractivity contribution is 0.0697. The van der Waals surface area contributed by atoms with Gasteiger partial charge in [0.1, 0.15) is 0 Å². The summed E-state index contributed by atoms with van der Waals surface area (Å²) in [7, 11) is 0. The highest BCUT2D eigenvalue weighted by Gasteiger charge is 2.24. The van der Waals surface area contributed by atoms with Crippen LogP contribution in [0.3, 0.4) is 0 Å². The first-order chi connectivity index (χ1) is 10.1. The second kappa shape index (κ2) is 7.22. The number of carboxylic acid groups (broad SMARTS) is 1. The predicted molar refractivity (Wildman–Crippen MR) is 80.3 cm³/mol. The Bertz CT molecular complexity index is 510. The summed E-state index contributed by atoms with van der Waals surface area (Å²) in [5.74, 6) is -0.859. The number of rotatable bonds is 5. The Balaban J connectivity index is 2.04. The highest BCUT2D eigenvalue weighted by Crippen LogP contribution is 2.26. The molecule has 1 aromatic carbocycles. The van der Waals surface area contributed by atoms with E-state index in [9.17, 15) is 9.59 Å². The number of nitrogens with one attached hydrogen (secondary N) is 1. The van der Waals surface area contributed by atoms with E-state index >= 15 is 0 Å². The SMILES string of the molecule is NC[C@H](NC(=O)c1cccc(C(=O)O)c1)C1CCCCC1. The molecule has 2 rings (SSSR count). The number of carbonyl (C=O) groups is 2. The van der Waals surface area contributed by atoms with E-state index in [1.165, 1.54) is 31.4 Å². The number of nitrogens with two attached hydrogens (primary N) is 1. The van der Waals surface area contributed by atoms with Crippen molar-refractivity contribution in [1.29, 1.82) is 0 Å². The number of carbonyl (C=O) groups excluding carboxylic acids is 1. The van der Waals surface area contributed by atoms with Crippen LogP contribution < -0.4 is 11.1 Å². The smallest absolute Gasteiger partial charge is 0.335 e. The molecule has 1 fully saturated rings. The first-order valence-electron chi connectivity index (χ1n) is 7.46. The zero-order valence-corrected chi connectivity index (χ0v) is 12.0. The molecule has 1 aliphatic rings. The minimum atomic E-state index is -1.03. The molecule has 0 heterocycles. The zero-order valence-electron chi connectivity index (χ0n) is 12.0. The molecule has 1 atom stereocenters. The van der Waals surface area contributed by atoms with Gasteiger partial charge in [0.05, 0.1) is 5.56 Å². The van der Waals surface area contributed by atoms with Gasteiger partial charge in [0, 0.05) is 18.2 Å². The van der Waals surface area contributed by atoms with E-state index in [0.29, 0.717) is 18.0 Å². The first-order valence-corrected chi connectivity index (χ1v) is 7.46. The van der Waals surface area contributed by atoms with Gasteiger partial charge in [-0.3, -0.25) is 4.79 Å². The topological polar surface area (TPSA) is 92.4 Å². The summed E-state index contributed by atoms with van der Waals surface area (Å²) in [5.41, 5.74) is 6.28. The summed E-state index contributed by atoms with van der Waals surface area (Å²) in [4.78, 5) is 23.2. The number of carboxylic acids is 1. The van der Waals surface area contributed by atoms with Crippen molar-refractivity contribution in [1.82, 2.24) is 5.32 Å². The Morgan fingerprint density at radius 1 is 1.24 bits per heavy atom. The molecule has 0 saturated heterocycles. The third kappa shape index (κ3) is 4.04. The van der Waals surface area contributed by atoms with E-state index in [1.807, 2.05) is 0 Å². The van der Waals surface area contributed by atoms with Gasteiger partial charge < -0.3 is 16.2 Å². The van der Waals surface area contributed by atoms with Crippen LogP contribution in [0.15, 0.2) is 24.3 Å². The largest absolute Gasteiger partial charge is 0.478 e. The van der Waals surface area contributed by atoms with Crippen molar-refractivity contribution in [2.75, 3.05) is 6.54 Å². The van der Waals surface area contributed by atoms with Gasteiger partial charge in [0.2, 0.25) is 0 Å². The van der Waals surface area contributed by atoms with Gasteiger partial charge in [0.25, 0.3) is 5.91 Å². The molecule has 0 spiro atoms. The number of aromatic carboxylic acids is 1. The maximum atomic E-state index is 12.3. The molecule has 1 aromatic rings. The quantitative estimate of drug-likeness (QED) is 0.773. The highest BCUT2D eigenvalue weighted by atomic mass is 16.4. The van der Waals surface area contributed by atoms with Crippen molar-refractivity contribution in [3.63, 3.8) is 0 Å². The second-order valence-electron chi connectivity index (χ2n) is 5.60. The number of hydrogen-bond acceptors (Lipinski definition) is 3. The summed E-state index contributed by atoms with van der Waals surface area (Å²) in [6, 6.07) is 6.03. The monoisotopic (exact) mass is 290 g/mol. The number of hydrogen-bond donors (Lipinski definition) is 3. The van der Waals surface area contributed by atoms with Crippen LogP contribution in [-0.4, -0.2) is 29.6 Å². The molecule has 4 N–H and O–H groups in total. The molecule has 0 bridgehead atoms. The lowest BCUT2D eigenvalue weighted by Gasteiger charge is -2.30. The molecular weight excluding hydrogens is 268 g/mol. The fourth-order valence-electron chi connectivity index (χ4n) is 2.95. The van der Waals surface area contributed by atoms with Crippen molar-refractivity contribution in [2.45, 2.75) is 38.1 Å². The molecule has 114 valence electrons. The van der Waals surface area contributed by atoms with E-state index in [1.54, 1.807) is 12.1 Å². The minimum absolute atomic E-state index is 0.0358. The Labute approximate surface area is 124 Å². The summed E-state index contributed by atoms with van der Waals surface area (Å²) in [5, 5.41) is 11.9. The number of amides is 1. The number of benzene rings is 1. The maximum Gasteiger partial charge on any atom is 0.335 e. The summed E-state index contributed by atoms with van der Waals surface area (Å²) in [6.07, 6.45) is 5.81. The Kier molecular flexibility index (Phi) is 5.33. The van der Waals surface area contributed by atoms with E-state index in [-0.39, 0.29) is 17.5 Å². The predicted octanol–water partition coefficient (Wildman–Crippen LogP) is 2.02. The molecule has 0 aliphatic heterocycles. The van der Waals surface area contributed by atoms with E-state index < -0.39 is 5.97 Å². The third-order valence-corrected chi connectivity index (χ3v) is 4.16. The van der Waals surface area contributed by atoms with Gasteiger partial charge in [-0.2, -0.15) is 0 Å². The van der Waals surface area contributed by atoms with Gasteiger partial charge in [-0.15, -0.1) is 0 Å². The Hall–Kier alpha value is -1.88. The second-order valence-corrected chi connectivity index (χ2v) is 5.60. The van der Waals surface area contributed by atoms with Crippen LogP contribution in [0.1, 0.15) is 52.8 Å². The fraction of sp³-hybridized carbons (Fsp3) is 0.500. The van der Waals surface area contributed by atoms with Crippen LogP contribution in [-0.2, 0) is 0 Å². The lowest BCUT2D eigenvalue weighted by Crippen LogP contribution is -2.45. The van der Waals surface area contributed by atoms with Gasteiger partial charge >= 0.3 is 5.97 Å². The standard InChI is InChI=1S/C16H22N2O3/c17-10-14(11-5-2-1-3-6-11)18-15(19)12-7-4-8-13(9-12)16(20)21/h4,7-9,11,14H,1-3,5-6,10,17H2,(H,18,19)(H,20,21)/t14-/m0/s1. The molecule has 0 unspecified atom stereocenters. The summed E-state index contributed by atoms with van der Waals surface area (Å²) in [6.45, 7) is 0.412. The Morgan fingerprint density at radius 3 is 2.52 bits per heavy atom. The van der Waals surface area contributed by atoms with Gasteiger partial charge in [-0.1, -0.05) is 25.3 Å². The maximum absolute atomic E-state index is 12.3. The average molecular weight is 290 g/mol. The summed E-state index contributed by atoms with van der Waals surface area (Å²) >= 11 is 0. The van der Waals surface area contributed by atoms with Crippen molar-refractivity contribution in [2.24, 2.45) is 11.7 Å². The molecule has 21 heavy (non-hydrogen) atoms. The van der Waals surface area contributed by atoms with Crippen LogP contribution in [0.5, 0.6) is 0 Å². The zero-order chi connectivity index (χ0) is 15.2. The van der Waals surface area contributed by atoms with Crippen molar-refractivity contribution < 1.29 is 14.7 Å². The van der Waals surface area contributed by atoms with Crippen molar-refractivity contribution in [3.05, 3.63) is 35.4 Å². The van der Waals surface area contributed by atoms with Crippen LogP contribution in [0.2, 0.25) is 0 Å². The van der Waals surface area contributed by atoms with Crippen LogP contribution in [0.4, 0.5) is 0 Å². The van der Waals surface area contributed by atoms with Gasteiger partial charge in [-0.25, -0.2) is 4.79 Å². The molecule has 1 saturated carbocycles. The lowest BCUT2D eigenvalue weighted by atomic mass is 9.84. The fourth-order valence-corrected chi connectivity index (χ4v) is 2.95. The van der Waals surface area contributed by atoms with Crippen LogP contribution in [0.25, 0.3) is 0 Å². The highest BCUT2D eigenvalue weighted by molar-refractivity contribution is 5.97. The average Bonchev–Trinajstić information content (AvgIpc) is 2.53. The molecule has 0 radical (unpaired) electrons. The molecule has 0 aromatic heterocycles. The van der Waals surface area contributed by atoms with Crippen LogP contribution >= 0.6 is 0 Å². The molecular formula is C16H22N2O3. The Morgan fingerprint density at radius 2 is 1.90 bits per heavy atom. The molecule has 5 heteroatoms. The van der Waals surface area contributed by atoms with Gasteiger partial charge in [-0.05, 0) is 37.0 Å². The van der Waals surface area contributed by atoms with E-state index in [0.717, 1.165) is 12.8 Å². The molecule has 1 amide bonds. The third-order valence-electron chi connectivity index (χ3n) is 4.16. The summed E-state index contributed by atoms with van der Waals surface area (Å²) < 4.78 is 0. The molecule has 5 nitrogen and oxygen atoms in total. The van der Waals surface area contributed by atoms with E-state index in [2.05, 4.69) is 5.32 Å². The van der Waals surface area contributed by atoms with E-state index in [4.69, 9.17) is 10.8 Å². The minimum Gasteiger partial charge on any atom is -0.478 e. The normalized spacial score (nSPS) is 17.2. The van der Waals surface area contributed by atoms with Gasteiger partial charge in [0.15, 0.2) is 0 Å². The van der Waals surface area contributed by atoms with Crippen molar-refractivity contribution >= 4 is 11.9 Å². The first kappa shape index (κ1) is 15.5. The van der Waals surface area contributed by atoms with Crippen LogP contribution in [0, 0.1) is 5.92 Å².